The lowest BCUT2D eigenvalue weighted by atomic mass is 9.93. The van der Waals surface area contributed by atoms with Crippen LogP contribution in [0.5, 0.6) is 0 Å². The molecule has 0 radical (unpaired) electrons. The van der Waals surface area contributed by atoms with Crippen LogP contribution in [-0.2, 0) is 24.7 Å². The highest BCUT2D eigenvalue weighted by Gasteiger charge is 2.44. The summed E-state index contributed by atoms with van der Waals surface area (Å²) in [5.74, 6) is -0.902. The van der Waals surface area contributed by atoms with Gasteiger partial charge in [-0.1, -0.05) is 51.8 Å². The third-order valence-electron chi connectivity index (χ3n) is 5.62. The smallest absolute Gasteiger partial charge is 0.258 e. The van der Waals surface area contributed by atoms with E-state index in [0.29, 0.717) is 20.6 Å². The van der Waals surface area contributed by atoms with Gasteiger partial charge in [0.2, 0.25) is 10.0 Å². The van der Waals surface area contributed by atoms with Crippen molar-refractivity contribution in [3.63, 3.8) is 0 Å². The van der Waals surface area contributed by atoms with Crippen LogP contribution in [0.1, 0.15) is 19.8 Å². The Kier molecular flexibility index (Phi) is 8.48. The van der Waals surface area contributed by atoms with Crippen molar-refractivity contribution in [3.8, 4) is 11.1 Å². The molecular weight excluding hydrogens is 583 g/mol. The highest BCUT2D eigenvalue weighted by atomic mass is 79.9. The number of sulfone groups is 1. The molecule has 0 bridgehead atoms. The van der Waals surface area contributed by atoms with E-state index in [1.807, 2.05) is 0 Å². The Labute approximate surface area is 218 Å². The molecule has 190 valence electrons. The minimum absolute atomic E-state index is 0.0316. The highest BCUT2D eigenvalue weighted by Crippen LogP contribution is 2.37. The van der Waals surface area contributed by atoms with E-state index in [0.717, 1.165) is 16.0 Å². The molecule has 1 amide bonds. The molecule has 1 aliphatic rings. The zero-order valence-corrected chi connectivity index (χ0v) is 23.0. The number of benzene rings is 2. The van der Waals surface area contributed by atoms with Gasteiger partial charge in [-0.2, -0.15) is 4.31 Å². The first-order chi connectivity index (χ1) is 16.2. The summed E-state index contributed by atoms with van der Waals surface area (Å²) in [5, 5.41) is 3.76. The summed E-state index contributed by atoms with van der Waals surface area (Å²) < 4.78 is 66.8. The number of amides is 1. The Morgan fingerprint density at radius 1 is 1.14 bits per heavy atom. The molecule has 12 heteroatoms. The second kappa shape index (κ2) is 10.7. The van der Waals surface area contributed by atoms with Gasteiger partial charge in [-0.15, -0.1) is 0 Å². The first-order valence-electron chi connectivity index (χ1n) is 10.7. The number of carbonyl (C=O) groups is 1. The summed E-state index contributed by atoms with van der Waals surface area (Å²) in [6, 6.07) is 10.9. The van der Waals surface area contributed by atoms with Crippen molar-refractivity contribution in [2.24, 2.45) is 0 Å². The summed E-state index contributed by atoms with van der Waals surface area (Å²) in [6.07, 6.45) is 1.59. The maximum absolute atomic E-state index is 15.4. The quantitative estimate of drug-likeness (QED) is 0.505. The van der Waals surface area contributed by atoms with Crippen molar-refractivity contribution in [2.45, 2.75) is 36.4 Å². The molecule has 1 aliphatic heterocycles. The van der Waals surface area contributed by atoms with Gasteiger partial charge < -0.3 is 5.32 Å². The van der Waals surface area contributed by atoms with E-state index in [1.165, 1.54) is 19.1 Å². The zero-order valence-electron chi connectivity index (χ0n) is 19.0. The molecule has 1 fully saturated rings. The van der Waals surface area contributed by atoms with Crippen molar-refractivity contribution in [1.82, 2.24) is 9.62 Å². The van der Waals surface area contributed by atoms with Crippen LogP contribution >= 0.6 is 27.5 Å². The summed E-state index contributed by atoms with van der Waals surface area (Å²) >= 11 is 9.69. The van der Waals surface area contributed by atoms with Gasteiger partial charge in [-0.3, -0.25) is 4.79 Å². The van der Waals surface area contributed by atoms with Crippen LogP contribution in [0.2, 0.25) is 5.02 Å². The third kappa shape index (κ3) is 6.71. The van der Waals surface area contributed by atoms with Crippen LogP contribution in [0.3, 0.4) is 0 Å². The van der Waals surface area contributed by atoms with Crippen molar-refractivity contribution >= 4 is 53.3 Å². The summed E-state index contributed by atoms with van der Waals surface area (Å²) in [7, 11) is -7.41. The molecule has 0 aliphatic carbocycles. The molecular formula is C23H25BrClFN2O5S2. The fraction of sp³-hybridized carbons (Fsp3) is 0.348. The van der Waals surface area contributed by atoms with E-state index in [1.54, 1.807) is 36.4 Å². The molecule has 0 unspecified atom stereocenters. The SMILES string of the molecule is C[C@@H](/C=C/S(C)(=O)=O)NC(=O)C1(F)CCN(S(=O)(=O)c2ccc(Br)cc2-c2ccccc2Cl)CC1. The van der Waals surface area contributed by atoms with Crippen molar-refractivity contribution in [3.05, 3.63) is 63.4 Å². The molecule has 0 saturated carbocycles. The largest absolute Gasteiger partial charge is 0.347 e. The zero-order chi connectivity index (χ0) is 26.0. The van der Waals surface area contributed by atoms with E-state index in [2.05, 4.69) is 21.2 Å². The van der Waals surface area contributed by atoms with Gasteiger partial charge in [0.15, 0.2) is 15.5 Å². The fourth-order valence-corrected chi connectivity index (χ4v) is 6.46. The number of halogens is 3. The van der Waals surface area contributed by atoms with Crippen LogP contribution in [0.15, 0.2) is 63.3 Å². The molecule has 2 aromatic rings. The molecule has 2 aromatic carbocycles. The van der Waals surface area contributed by atoms with Gasteiger partial charge in [0, 0.05) is 64.3 Å². The number of rotatable bonds is 7. The van der Waals surface area contributed by atoms with Crippen LogP contribution in [0.25, 0.3) is 11.1 Å². The lowest BCUT2D eigenvalue weighted by Gasteiger charge is -2.35. The number of nitrogens with one attached hydrogen (secondary N) is 1. The van der Waals surface area contributed by atoms with Gasteiger partial charge in [0.1, 0.15) is 0 Å². The molecule has 1 atom stereocenters. The monoisotopic (exact) mass is 606 g/mol. The Bertz CT molecular complexity index is 1360. The summed E-state index contributed by atoms with van der Waals surface area (Å²) in [5.41, 5.74) is -1.32. The van der Waals surface area contributed by atoms with Gasteiger partial charge in [-0.05, 0) is 31.2 Å². The predicted molar refractivity (Wildman–Crippen MR) is 138 cm³/mol. The summed E-state index contributed by atoms with van der Waals surface area (Å²) in [4.78, 5) is 12.6. The third-order valence-corrected chi connectivity index (χ3v) is 9.05. The van der Waals surface area contributed by atoms with Crippen LogP contribution in [-0.4, -0.2) is 58.1 Å². The number of piperidine rings is 1. The molecule has 0 spiro atoms. The molecule has 1 N–H and O–H groups in total. The molecule has 1 saturated heterocycles. The molecule has 3 rings (SSSR count). The minimum atomic E-state index is -4.02. The molecule has 35 heavy (non-hydrogen) atoms. The number of nitrogens with zero attached hydrogens (tertiary/aromatic N) is 1. The van der Waals surface area contributed by atoms with E-state index in [-0.39, 0.29) is 30.8 Å². The van der Waals surface area contributed by atoms with E-state index < -0.39 is 37.5 Å². The van der Waals surface area contributed by atoms with Crippen LogP contribution in [0, 0.1) is 0 Å². The van der Waals surface area contributed by atoms with Gasteiger partial charge in [0.05, 0.1) is 4.90 Å². The lowest BCUT2D eigenvalue weighted by Crippen LogP contribution is -2.53. The summed E-state index contributed by atoms with van der Waals surface area (Å²) in [6.45, 7) is 1.13. The average Bonchev–Trinajstić information content (AvgIpc) is 2.77. The second-order valence-corrected chi connectivity index (χ2v) is 13.6. The number of sulfonamides is 1. The van der Waals surface area contributed by atoms with Gasteiger partial charge in [0.25, 0.3) is 5.91 Å². The first kappa shape index (κ1) is 27.8. The van der Waals surface area contributed by atoms with E-state index >= 15 is 4.39 Å². The highest BCUT2D eigenvalue weighted by molar-refractivity contribution is 9.10. The Hall–Kier alpha value is -1.79. The maximum Gasteiger partial charge on any atom is 0.258 e. The number of alkyl halides is 1. The van der Waals surface area contributed by atoms with Gasteiger partial charge in [-0.25, -0.2) is 21.2 Å². The topological polar surface area (TPSA) is 101 Å². The number of hydrogen-bond donors (Lipinski definition) is 1. The molecule has 0 aromatic heterocycles. The number of hydrogen-bond acceptors (Lipinski definition) is 5. The molecule has 7 nitrogen and oxygen atoms in total. The standard InChI is InChI=1S/C23H25BrClFN2O5S2/c1-16(9-14-34(2,30)31)27-22(29)23(26)10-12-28(13-11-23)35(32,33)21-8-7-17(24)15-19(21)18-5-3-4-6-20(18)25/h3-9,14-16H,10-13H2,1-2H3,(H,27,29)/b14-9+/t16-/m0/s1. The minimum Gasteiger partial charge on any atom is -0.347 e. The normalized spacial score (nSPS) is 17.9. The first-order valence-corrected chi connectivity index (χ1v) is 15.2. The Morgan fingerprint density at radius 2 is 1.77 bits per heavy atom. The van der Waals surface area contributed by atoms with Crippen molar-refractivity contribution < 1.29 is 26.0 Å². The van der Waals surface area contributed by atoms with Crippen molar-refractivity contribution in [1.29, 1.82) is 0 Å². The predicted octanol–water partition coefficient (Wildman–Crippen LogP) is 4.33. The van der Waals surface area contributed by atoms with E-state index in [9.17, 15) is 21.6 Å². The average molecular weight is 608 g/mol. The Balaban J connectivity index is 1.79. The van der Waals surface area contributed by atoms with Crippen LogP contribution < -0.4 is 5.32 Å². The lowest BCUT2D eigenvalue weighted by molar-refractivity contribution is -0.135. The second-order valence-electron chi connectivity index (χ2n) is 8.41. The fourth-order valence-electron chi connectivity index (χ4n) is 3.71. The van der Waals surface area contributed by atoms with Crippen molar-refractivity contribution in [2.75, 3.05) is 19.3 Å². The van der Waals surface area contributed by atoms with Gasteiger partial charge >= 0.3 is 0 Å². The Morgan fingerprint density at radius 3 is 2.37 bits per heavy atom. The van der Waals surface area contributed by atoms with E-state index in [4.69, 9.17) is 11.6 Å². The molecule has 1 heterocycles. The number of carbonyl (C=O) groups excluding carboxylic acids is 1. The maximum atomic E-state index is 15.4. The van der Waals surface area contributed by atoms with Crippen LogP contribution in [0.4, 0.5) is 4.39 Å².